The van der Waals surface area contributed by atoms with Gasteiger partial charge in [-0.15, -0.1) is 0 Å². The van der Waals surface area contributed by atoms with Gasteiger partial charge in [0.15, 0.2) is 10.2 Å². The van der Waals surface area contributed by atoms with Crippen LogP contribution in [0.1, 0.15) is 11.3 Å². The first kappa shape index (κ1) is 17.5. The lowest BCUT2D eigenvalue weighted by molar-refractivity contribution is -0.112. The molecule has 1 N–H and O–H groups in total. The van der Waals surface area contributed by atoms with Gasteiger partial charge in [0, 0.05) is 24.2 Å². The second-order valence-corrected chi connectivity index (χ2v) is 6.25. The highest BCUT2D eigenvalue weighted by molar-refractivity contribution is 7.99. The lowest BCUT2D eigenvalue weighted by Crippen LogP contribution is -2.13. The summed E-state index contributed by atoms with van der Waals surface area (Å²) in [6, 6.07) is 14.4. The Balaban J connectivity index is 1.71. The molecule has 0 radical (unpaired) electrons. The molecule has 0 saturated heterocycles. The molecule has 2 aromatic heterocycles. The number of aryl methyl sites for hydroxylation is 1. The van der Waals surface area contributed by atoms with Crippen LogP contribution in [0.25, 0.3) is 6.08 Å². The minimum Gasteiger partial charge on any atom is -0.450 e. The summed E-state index contributed by atoms with van der Waals surface area (Å²) in [6.07, 6.45) is 4.68. The molecule has 0 atom stereocenters. The molecule has 26 heavy (non-hydrogen) atoms. The van der Waals surface area contributed by atoms with Crippen LogP contribution in [-0.4, -0.2) is 15.9 Å². The normalized spacial score (nSPS) is 11.0. The summed E-state index contributed by atoms with van der Waals surface area (Å²) in [4.78, 5) is 20.5. The second-order valence-electron chi connectivity index (χ2n) is 5.28. The van der Waals surface area contributed by atoms with E-state index in [9.17, 15) is 10.1 Å². The SMILES string of the molecule is Cc1ccc(NC(=O)C(C#N)=Cc2ccc(Sc3ncccn3)o2)cc1. The number of hydrogen-bond acceptors (Lipinski definition) is 6. The number of anilines is 1. The van der Waals surface area contributed by atoms with E-state index >= 15 is 0 Å². The van der Waals surface area contributed by atoms with Crippen molar-refractivity contribution in [2.24, 2.45) is 0 Å². The molecular formula is C19H14N4O2S. The van der Waals surface area contributed by atoms with Gasteiger partial charge in [0.25, 0.3) is 5.91 Å². The van der Waals surface area contributed by atoms with Crippen molar-refractivity contribution in [1.29, 1.82) is 5.26 Å². The molecule has 0 fully saturated rings. The number of amides is 1. The molecule has 0 unspecified atom stereocenters. The molecular weight excluding hydrogens is 348 g/mol. The first-order valence-corrected chi connectivity index (χ1v) is 8.50. The topological polar surface area (TPSA) is 91.8 Å². The zero-order chi connectivity index (χ0) is 18.4. The van der Waals surface area contributed by atoms with Gasteiger partial charge in [0.05, 0.1) is 0 Å². The van der Waals surface area contributed by atoms with E-state index in [1.165, 1.54) is 17.8 Å². The second kappa shape index (κ2) is 8.14. The third-order valence-electron chi connectivity index (χ3n) is 3.30. The van der Waals surface area contributed by atoms with Crippen molar-refractivity contribution < 1.29 is 9.21 Å². The fourth-order valence-electron chi connectivity index (χ4n) is 2.02. The van der Waals surface area contributed by atoms with E-state index in [0.717, 1.165) is 5.56 Å². The molecule has 0 spiro atoms. The van der Waals surface area contributed by atoms with Crippen molar-refractivity contribution in [3.05, 3.63) is 71.8 Å². The van der Waals surface area contributed by atoms with E-state index in [2.05, 4.69) is 15.3 Å². The average Bonchev–Trinajstić information content (AvgIpc) is 3.09. The molecule has 1 aromatic carbocycles. The van der Waals surface area contributed by atoms with E-state index in [1.807, 2.05) is 25.1 Å². The summed E-state index contributed by atoms with van der Waals surface area (Å²) in [5.41, 5.74) is 1.66. The molecule has 0 aliphatic carbocycles. The fourth-order valence-corrected chi connectivity index (χ4v) is 2.70. The summed E-state index contributed by atoms with van der Waals surface area (Å²) < 4.78 is 5.61. The third kappa shape index (κ3) is 4.59. The number of nitrogens with one attached hydrogen (secondary N) is 1. The van der Waals surface area contributed by atoms with Crippen molar-refractivity contribution in [1.82, 2.24) is 9.97 Å². The van der Waals surface area contributed by atoms with Crippen molar-refractivity contribution in [3.63, 3.8) is 0 Å². The zero-order valence-electron chi connectivity index (χ0n) is 13.8. The number of rotatable bonds is 5. The van der Waals surface area contributed by atoms with Crippen LogP contribution in [0.15, 0.2) is 75.1 Å². The first-order valence-electron chi connectivity index (χ1n) is 7.68. The highest BCUT2D eigenvalue weighted by Crippen LogP contribution is 2.27. The van der Waals surface area contributed by atoms with Gasteiger partial charge in [-0.05, 0) is 49.0 Å². The summed E-state index contributed by atoms with van der Waals surface area (Å²) in [7, 11) is 0. The van der Waals surface area contributed by atoms with Crippen molar-refractivity contribution >= 4 is 29.4 Å². The van der Waals surface area contributed by atoms with E-state index in [1.54, 1.807) is 42.7 Å². The Hall–Kier alpha value is -3.37. The molecule has 3 aromatic rings. The molecule has 1 amide bonds. The van der Waals surface area contributed by atoms with Gasteiger partial charge >= 0.3 is 0 Å². The average molecular weight is 362 g/mol. The van der Waals surface area contributed by atoms with Crippen LogP contribution in [0.5, 0.6) is 0 Å². The Labute approximate surface area is 154 Å². The maximum absolute atomic E-state index is 12.3. The van der Waals surface area contributed by atoms with Crippen LogP contribution in [0, 0.1) is 18.3 Å². The minimum absolute atomic E-state index is 0.0487. The Morgan fingerprint density at radius 1 is 1.19 bits per heavy atom. The Morgan fingerprint density at radius 2 is 1.92 bits per heavy atom. The highest BCUT2D eigenvalue weighted by atomic mass is 32.2. The van der Waals surface area contributed by atoms with Gasteiger partial charge in [-0.2, -0.15) is 5.26 Å². The molecule has 3 rings (SSSR count). The van der Waals surface area contributed by atoms with E-state index in [0.29, 0.717) is 21.7 Å². The number of nitrogens with zero attached hydrogens (tertiary/aromatic N) is 3. The molecule has 0 aliphatic heterocycles. The molecule has 6 nitrogen and oxygen atoms in total. The summed E-state index contributed by atoms with van der Waals surface area (Å²) >= 11 is 1.25. The van der Waals surface area contributed by atoms with Gasteiger partial charge in [-0.3, -0.25) is 4.79 Å². The van der Waals surface area contributed by atoms with E-state index in [4.69, 9.17) is 4.42 Å². The van der Waals surface area contributed by atoms with E-state index in [-0.39, 0.29) is 5.57 Å². The number of furan rings is 1. The molecule has 2 heterocycles. The predicted octanol–water partition coefficient (Wildman–Crippen LogP) is 4.07. The third-order valence-corrected chi connectivity index (χ3v) is 4.11. The standard InChI is InChI=1S/C19H14N4O2S/c1-13-3-5-15(6-4-13)23-18(24)14(12-20)11-16-7-8-17(25-16)26-19-21-9-2-10-22-19/h2-11H,1H3,(H,23,24). The Kier molecular flexibility index (Phi) is 5.46. The lowest BCUT2D eigenvalue weighted by Gasteiger charge is -2.04. The zero-order valence-corrected chi connectivity index (χ0v) is 14.7. The number of aromatic nitrogens is 2. The van der Waals surface area contributed by atoms with Crippen molar-refractivity contribution in [2.75, 3.05) is 5.32 Å². The molecule has 0 saturated carbocycles. The van der Waals surface area contributed by atoms with Crippen LogP contribution < -0.4 is 5.32 Å². The van der Waals surface area contributed by atoms with E-state index < -0.39 is 5.91 Å². The van der Waals surface area contributed by atoms with Crippen LogP contribution >= 0.6 is 11.8 Å². The largest absolute Gasteiger partial charge is 0.450 e. The molecule has 0 bridgehead atoms. The maximum atomic E-state index is 12.3. The highest BCUT2D eigenvalue weighted by Gasteiger charge is 2.11. The number of carbonyl (C=O) groups excluding carboxylic acids is 1. The lowest BCUT2D eigenvalue weighted by atomic mass is 10.2. The van der Waals surface area contributed by atoms with Gasteiger partial charge in [-0.25, -0.2) is 9.97 Å². The monoisotopic (exact) mass is 362 g/mol. The van der Waals surface area contributed by atoms with Crippen LogP contribution in [0.4, 0.5) is 5.69 Å². The van der Waals surface area contributed by atoms with Gasteiger partial charge in [0.1, 0.15) is 17.4 Å². The number of hydrogen-bond donors (Lipinski definition) is 1. The van der Waals surface area contributed by atoms with Crippen LogP contribution in [0.2, 0.25) is 0 Å². The molecule has 0 aliphatic rings. The van der Waals surface area contributed by atoms with Gasteiger partial charge in [0.2, 0.25) is 0 Å². The molecule has 128 valence electrons. The number of carbonyl (C=O) groups is 1. The quantitative estimate of drug-likeness (QED) is 0.418. The summed E-state index contributed by atoms with van der Waals surface area (Å²) in [5, 5.41) is 13.1. The summed E-state index contributed by atoms with van der Waals surface area (Å²) in [6.45, 7) is 1.96. The number of nitriles is 1. The molecule has 7 heteroatoms. The Bertz CT molecular complexity index is 973. The maximum Gasteiger partial charge on any atom is 0.266 e. The van der Waals surface area contributed by atoms with Gasteiger partial charge < -0.3 is 9.73 Å². The predicted molar refractivity (Wildman–Crippen MR) is 98.3 cm³/mol. The van der Waals surface area contributed by atoms with Gasteiger partial charge in [-0.1, -0.05) is 17.7 Å². The van der Waals surface area contributed by atoms with Crippen molar-refractivity contribution in [3.8, 4) is 6.07 Å². The fraction of sp³-hybridized carbons (Fsp3) is 0.0526. The minimum atomic E-state index is -0.492. The Morgan fingerprint density at radius 3 is 2.62 bits per heavy atom. The van der Waals surface area contributed by atoms with Crippen LogP contribution in [-0.2, 0) is 4.79 Å². The van der Waals surface area contributed by atoms with Crippen molar-refractivity contribution in [2.45, 2.75) is 17.2 Å². The summed E-state index contributed by atoms with van der Waals surface area (Å²) in [5.74, 6) is -0.0904. The number of benzene rings is 1. The van der Waals surface area contributed by atoms with Crippen LogP contribution in [0.3, 0.4) is 0 Å². The first-order chi connectivity index (χ1) is 12.6. The smallest absolute Gasteiger partial charge is 0.266 e.